The Morgan fingerprint density at radius 2 is 2.12 bits per heavy atom. The third-order valence-corrected chi connectivity index (χ3v) is 2.77. The summed E-state index contributed by atoms with van der Waals surface area (Å²) in [6.07, 6.45) is 2.01. The zero-order valence-electron chi connectivity index (χ0n) is 10.7. The second-order valence-electron chi connectivity index (χ2n) is 5.14. The first-order chi connectivity index (χ1) is 7.53. The lowest BCUT2D eigenvalue weighted by Crippen LogP contribution is -2.32. The van der Waals surface area contributed by atoms with Crippen LogP contribution in [0.25, 0.3) is 0 Å². The number of nitrogens with two attached hydrogens (primary N) is 1. The molecule has 1 aromatic heterocycles. The van der Waals surface area contributed by atoms with Crippen molar-refractivity contribution in [3.63, 3.8) is 0 Å². The summed E-state index contributed by atoms with van der Waals surface area (Å²) in [4.78, 5) is 0. The number of aryl methyl sites for hydroxylation is 1. The maximum Gasteiger partial charge on any atom is 0.105 e. The number of hydrogen-bond donors (Lipinski definition) is 2. The Hall–Kier alpha value is -0.800. The van der Waals surface area contributed by atoms with Crippen molar-refractivity contribution in [2.75, 3.05) is 19.6 Å². The molecule has 0 aromatic carbocycles. The van der Waals surface area contributed by atoms with Gasteiger partial charge in [-0.2, -0.15) is 0 Å². The summed E-state index contributed by atoms with van der Waals surface area (Å²) in [5.74, 6) is 2.04. The maximum atomic E-state index is 5.57. The van der Waals surface area contributed by atoms with E-state index >= 15 is 0 Å². The molecule has 3 heteroatoms. The van der Waals surface area contributed by atoms with Gasteiger partial charge in [0, 0.05) is 19.5 Å². The molecule has 16 heavy (non-hydrogen) atoms. The Morgan fingerprint density at radius 1 is 1.38 bits per heavy atom. The molecule has 0 amide bonds. The minimum atomic E-state index is 0.286. The third kappa shape index (κ3) is 4.81. The smallest absolute Gasteiger partial charge is 0.105 e. The summed E-state index contributed by atoms with van der Waals surface area (Å²) in [5, 5.41) is 3.45. The van der Waals surface area contributed by atoms with Gasteiger partial charge in [-0.25, -0.2) is 0 Å². The molecule has 0 saturated heterocycles. The quantitative estimate of drug-likeness (QED) is 0.697. The van der Waals surface area contributed by atoms with E-state index in [-0.39, 0.29) is 5.41 Å². The maximum absolute atomic E-state index is 5.57. The molecule has 92 valence electrons. The summed E-state index contributed by atoms with van der Waals surface area (Å²) in [7, 11) is 0. The molecule has 3 N–H and O–H groups in total. The minimum Gasteiger partial charge on any atom is -0.466 e. The number of nitrogens with one attached hydrogen (secondary N) is 1. The first-order valence-corrected chi connectivity index (χ1v) is 5.99. The standard InChI is InChI=1S/C13H24N2O/c1-11-4-5-12(16-11)6-9-15-10-13(2,3)7-8-14/h4-5,15H,6-10,14H2,1-3H3. The van der Waals surface area contributed by atoms with Crippen molar-refractivity contribution in [1.82, 2.24) is 5.32 Å². The Bertz CT molecular complexity index is 305. The lowest BCUT2D eigenvalue weighted by Gasteiger charge is -2.24. The van der Waals surface area contributed by atoms with Crippen molar-refractivity contribution in [3.8, 4) is 0 Å². The number of furan rings is 1. The second-order valence-corrected chi connectivity index (χ2v) is 5.14. The van der Waals surface area contributed by atoms with Crippen LogP contribution < -0.4 is 11.1 Å². The first-order valence-electron chi connectivity index (χ1n) is 5.99. The Labute approximate surface area is 98.4 Å². The lowest BCUT2D eigenvalue weighted by atomic mass is 9.89. The van der Waals surface area contributed by atoms with Gasteiger partial charge in [-0.1, -0.05) is 13.8 Å². The van der Waals surface area contributed by atoms with Gasteiger partial charge in [0.1, 0.15) is 11.5 Å². The summed E-state index contributed by atoms with van der Waals surface area (Å²) in [5.41, 5.74) is 5.86. The van der Waals surface area contributed by atoms with Crippen LogP contribution in [0.1, 0.15) is 31.8 Å². The molecule has 1 heterocycles. The Balaban J connectivity index is 2.16. The van der Waals surface area contributed by atoms with E-state index < -0.39 is 0 Å². The third-order valence-electron chi connectivity index (χ3n) is 2.77. The number of hydrogen-bond acceptors (Lipinski definition) is 3. The van der Waals surface area contributed by atoms with E-state index in [2.05, 4.69) is 19.2 Å². The van der Waals surface area contributed by atoms with Gasteiger partial charge >= 0.3 is 0 Å². The van der Waals surface area contributed by atoms with Gasteiger partial charge in [-0.3, -0.25) is 0 Å². The van der Waals surface area contributed by atoms with Crippen molar-refractivity contribution in [2.45, 2.75) is 33.6 Å². The van der Waals surface area contributed by atoms with Crippen LogP contribution in [0, 0.1) is 12.3 Å². The Morgan fingerprint density at radius 3 is 2.69 bits per heavy atom. The molecule has 0 fully saturated rings. The van der Waals surface area contributed by atoms with Crippen molar-refractivity contribution >= 4 is 0 Å². The van der Waals surface area contributed by atoms with Crippen LogP contribution in [-0.2, 0) is 6.42 Å². The molecule has 0 saturated carbocycles. The average Bonchev–Trinajstić information content (AvgIpc) is 2.59. The van der Waals surface area contributed by atoms with Gasteiger partial charge in [0.2, 0.25) is 0 Å². The highest BCUT2D eigenvalue weighted by Crippen LogP contribution is 2.17. The highest BCUT2D eigenvalue weighted by atomic mass is 16.3. The van der Waals surface area contributed by atoms with Crippen LogP contribution in [0.5, 0.6) is 0 Å². The fourth-order valence-corrected chi connectivity index (χ4v) is 1.74. The average molecular weight is 224 g/mol. The van der Waals surface area contributed by atoms with Crippen LogP contribution in [0.4, 0.5) is 0 Å². The van der Waals surface area contributed by atoms with E-state index in [9.17, 15) is 0 Å². The number of rotatable bonds is 7. The molecule has 0 spiro atoms. The zero-order valence-corrected chi connectivity index (χ0v) is 10.7. The van der Waals surface area contributed by atoms with Crippen molar-refractivity contribution in [1.29, 1.82) is 0 Å². The fourth-order valence-electron chi connectivity index (χ4n) is 1.74. The van der Waals surface area contributed by atoms with Gasteiger partial charge in [0.05, 0.1) is 0 Å². The van der Waals surface area contributed by atoms with E-state index in [0.29, 0.717) is 0 Å². The summed E-state index contributed by atoms with van der Waals surface area (Å²) in [6.45, 7) is 9.17. The van der Waals surface area contributed by atoms with Crippen LogP contribution in [0.3, 0.4) is 0 Å². The SMILES string of the molecule is Cc1ccc(CCNCC(C)(C)CCN)o1. The van der Waals surface area contributed by atoms with E-state index in [1.807, 2.05) is 19.1 Å². The summed E-state index contributed by atoms with van der Waals surface area (Å²) < 4.78 is 5.50. The van der Waals surface area contributed by atoms with E-state index in [0.717, 1.165) is 44.0 Å². The van der Waals surface area contributed by atoms with Gasteiger partial charge in [0.25, 0.3) is 0 Å². The molecule has 1 rings (SSSR count). The molecule has 3 nitrogen and oxygen atoms in total. The van der Waals surface area contributed by atoms with Gasteiger partial charge in [0.15, 0.2) is 0 Å². The van der Waals surface area contributed by atoms with E-state index in [1.54, 1.807) is 0 Å². The highest BCUT2D eigenvalue weighted by molar-refractivity contribution is 5.05. The molecule has 0 bridgehead atoms. The van der Waals surface area contributed by atoms with Crippen molar-refractivity contribution in [2.24, 2.45) is 11.1 Å². The summed E-state index contributed by atoms with van der Waals surface area (Å²) >= 11 is 0. The predicted molar refractivity (Wildman–Crippen MR) is 67.5 cm³/mol. The highest BCUT2D eigenvalue weighted by Gasteiger charge is 2.15. The lowest BCUT2D eigenvalue weighted by molar-refractivity contribution is 0.319. The second kappa shape index (κ2) is 6.06. The molecular weight excluding hydrogens is 200 g/mol. The fraction of sp³-hybridized carbons (Fsp3) is 0.692. The van der Waals surface area contributed by atoms with Gasteiger partial charge < -0.3 is 15.5 Å². The predicted octanol–water partition coefficient (Wildman–Crippen LogP) is 2.10. The van der Waals surface area contributed by atoms with E-state index in [1.165, 1.54) is 0 Å². The van der Waals surface area contributed by atoms with Crippen LogP contribution >= 0.6 is 0 Å². The molecule has 0 radical (unpaired) electrons. The minimum absolute atomic E-state index is 0.286. The van der Waals surface area contributed by atoms with E-state index in [4.69, 9.17) is 10.2 Å². The molecule has 0 atom stereocenters. The molecule has 0 aliphatic heterocycles. The van der Waals surface area contributed by atoms with Crippen LogP contribution in [-0.4, -0.2) is 19.6 Å². The molecule has 0 unspecified atom stereocenters. The topological polar surface area (TPSA) is 51.2 Å². The van der Waals surface area contributed by atoms with Crippen LogP contribution in [0.15, 0.2) is 16.5 Å². The molecule has 1 aromatic rings. The largest absolute Gasteiger partial charge is 0.466 e. The molecule has 0 aliphatic carbocycles. The molecule has 0 aliphatic rings. The van der Waals surface area contributed by atoms with Gasteiger partial charge in [-0.05, 0) is 37.4 Å². The van der Waals surface area contributed by atoms with Crippen LogP contribution in [0.2, 0.25) is 0 Å². The first kappa shape index (κ1) is 13.3. The zero-order chi connectivity index (χ0) is 12.0. The summed E-state index contributed by atoms with van der Waals surface area (Å²) in [6, 6.07) is 4.05. The normalized spacial score (nSPS) is 12.0. The van der Waals surface area contributed by atoms with Gasteiger partial charge in [-0.15, -0.1) is 0 Å². The van der Waals surface area contributed by atoms with Crippen molar-refractivity contribution in [3.05, 3.63) is 23.7 Å². The molecular formula is C13H24N2O. The monoisotopic (exact) mass is 224 g/mol. The van der Waals surface area contributed by atoms with Crippen molar-refractivity contribution < 1.29 is 4.42 Å². The Kier molecular flexibility index (Phi) is 5.03.